The molecule has 1 N–H and O–H groups in total. The minimum Gasteiger partial charge on any atom is -0.497 e. The molecule has 0 radical (unpaired) electrons. The Bertz CT molecular complexity index is 648. The van der Waals surface area contributed by atoms with Crippen LogP contribution in [-0.4, -0.2) is 80.7 Å². The first-order valence-corrected chi connectivity index (χ1v) is 11.0. The zero-order valence-corrected chi connectivity index (χ0v) is 18.7. The Kier molecular flexibility index (Phi) is 10.7. The van der Waals surface area contributed by atoms with Gasteiger partial charge in [0.25, 0.3) is 0 Å². The third-order valence-electron chi connectivity index (χ3n) is 5.19. The molecule has 1 aromatic rings. The van der Waals surface area contributed by atoms with Crippen molar-refractivity contribution in [2.24, 2.45) is 0 Å². The molecule has 0 saturated carbocycles. The van der Waals surface area contributed by atoms with Crippen molar-refractivity contribution < 1.29 is 19.1 Å². The number of hydrogen-bond donors (Lipinski definition) is 1. The monoisotopic (exact) mass is 419 g/mol. The lowest BCUT2D eigenvalue weighted by atomic mass is 10.1. The van der Waals surface area contributed by atoms with Crippen LogP contribution in [0.1, 0.15) is 38.7 Å². The van der Waals surface area contributed by atoms with Crippen molar-refractivity contribution in [3.63, 3.8) is 0 Å². The number of amides is 2. The number of nitrogens with zero attached hydrogens (tertiary/aromatic N) is 2. The lowest BCUT2D eigenvalue weighted by Gasteiger charge is -2.22. The van der Waals surface area contributed by atoms with Gasteiger partial charge in [-0.05, 0) is 50.8 Å². The molecule has 0 unspecified atom stereocenters. The zero-order chi connectivity index (χ0) is 21.8. The number of aryl methyl sites for hydroxylation is 1. The molecular formula is C23H37N3O4. The van der Waals surface area contributed by atoms with E-state index in [1.54, 1.807) is 7.11 Å². The highest BCUT2D eigenvalue weighted by molar-refractivity contribution is 5.78. The van der Waals surface area contributed by atoms with Gasteiger partial charge >= 0.3 is 0 Å². The molecule has 0 aromatic heterocycles. The van der Waals surface area contributed by atoms with Crippen molar-refractivity contribution >= 4 is 11.8 Å². The summed E-state index contributed by atoms with van der Waals surface area (Å²) in [7, 11) is 1.65. The normalized spacial score (nSPS) is 15.1. The molecular weight excluding hydrogens is 382 g/mol. The summed E-state index contributed by atoms with van der Waals surface area (Å²) in [6.07, 6.45) is 3.17. The standard InChI is InChI=1S/C23H37N3O4/c1-19(2)30-17-4-12-24-22(27)18-25-13-5-14-26(16-15-25)23(28)11-8-20-6-9-21(29-3)10-7-20/h6-7,9-10,19H,4-5,8,11-18H2,1-3H3,(H,24,27). The van der Waals surface area contributed by atoms with Gasteiger partial charge in [-0.15, -0.1) is 0 Å². The summed E-state index contributed by atoms with van der Waals surface area (Å²) in [5, 5.41) is 2.95. The quantitative estimate of drug-likeness (QED) is 0.556. The molecule has 1 aliphatic rings. The molecule has 7 nitrogen and oxygen atoms in total. The Labute approximate surface area is 180 Å². The van der Waals surface area contributed by atoms with E-state index >= 15 is 0 Å². The Balaban J connectivity index is 1.65. The topological polar surface area (TPSA) is 71.1 Å². The summed E-state index contributed by atoms with van der Waals surface area (Å²) >= 11 is 0. The van der Waals surface area contributed by atoms with Crippen LogP contribution >= 0.6 is 0 Å². The van der Waals surface area contributed by atoms with Crippen molar-refractivity contribution in [2.75, 3.05) is 53.0 Å². The minimum absolute atomic E-state index is 0.0406. The summed E-state index contributed by atoms with van der Waals surface area (Å²) in [5.41, 5.74) is 1.14. The van der Waals surface area contributed by atoms with Crippen LogP contribution in [0.25, 0.3) is 0 Å². The number of carbonyl (C=O) groups is 2. The Morgan fingerprint density at radius 1 is 1.10 bits per heavy atom. The maximum atomic E-state index is 12.6. The molecule has 1 heterocycles. The summed E-state index contributed by atoms with van der Waals surface area (Å²) in [4.78, 5) is 28.8. The van der Waals surface area contributed by atoms with Gasteiger partial charge in [-0.2, -0.15) is 0 Å². The average Bonchev–Trinajstić information content (AvgIpc) is 2.97. The van der Waals surface area contributed by atoms with Gasteiger partial charge in [0, 0.05) is 45.8 Å². The highest BCUT2D eigenvalue weighted by Gasteiger charge is 2.20. The minimum atomic E-state index is 0.0406. The van der Waals surface area contributed by atoms with Crippen LogP contribution in [-0.2, 0) is 20.7 Å². The van der Waals surface area contributed by atoms with E-state index in [2.05, 4.69) is 10.2 Å². The average molecular weight is 420 g/mol. The van der Waals surface area contributed by atoms with Crippen molar-refractivity contribution in [2.45, 2.75) is 45.6 Å². The number of nitrogens with one attached hydrogen (secondary N) is 1. The van der Waals surface area contributed by atoms with Gasteiger partial charge in [-0.25, -0.2) is 0 Å². The number of hydrogen-bond acceptors (Lipinski definition) is 5. The molecule has 2 amide bonds. The van der Waals surface area contributed by atoms with Crippen molar-refractivity contribution in [1.29, 1.82) is 0 Å². The maximum Gasteiger partial charge on any atom is 0.234 e. The molecule has 0 atom stereocenters. The van der Waals surface area contributed by atoms with Gasteiger partial charge < -0.3 is 19.7 Å². The fraction of sp³-hybridized carbons (Fsp3) is 0.652. The molecule has 2 rings (SSSR count). The highest BCUT2D eigenvalue weighted by atomic mass is 16.5. The van der Waals surface area contributed by atoms with Crippen LogP contribution in [0, 0.1) is 0 Å². The van der Waals surface area contributed by atoms with Gasteiger partial charge in [0.05, 0.1) is 19.8 Å². The number of benzene rings is 1. The third-order valence-corrected chi connectivity index (χ3v) is 5.19. The lowest BCUT2D eigenvalue weighted by molar-refractivity contribution is -0.131. The van der Waals surface area contributed by atoms with Crippen LogP contribution in [0.4, 0.5) is 0 Å². The molecule has 1 aromatic carbocycles. The van der Waals surface area contributed by atoms with Crippen LogP contribution in [0.5, 0.6) is 5.75 Å². The van der Waals surface area contributed by atoms with E-state index in [0.717, 1.165) is 50.2 Å². The van der Waals surface area contributed by atoms with Gasteiger partial charge in [0.2, 0.25) is 11.8 Å². The largest absolute Gasteiger partial charge is 0.497 e. The highest BCUT2D eigenvalue weighted by Crippen LogP contribution is 2.13. The van der Waals surface area contributed by atoms with E-state index in [1.807, 2.05) is 43.0 Å². The molecule has 0 aliphatic carbocycles. The van der Waals surface area contributed by atoms with E-state index < -0.39 is 0 Å². The Hall–Kier alpha value is -2.12. The second kappa shape index (κ2) is 13.2. The fourth-order valence-electron chi connectivity index (χ4n) is 3.46. The molecule has 0 spiro atoms. The number of rotatable bonds is 11. The summed E-state index contributed by atoms with van der Waals surface area (Å²) in [6.45, 7) is 8.70. The van der Waals surface area contributed by atoms with E-state index in [1.165, 1.54) is 0 Å². The SMILES string of the molecule is COc1ccc(CCC(=O)N2CCCN(CC(=O)NCCCOC(C)C)CC2)cc1. The predicted molar refractivity (Wildman–Crippen MR) is 118 cm³/mol. The number of carbonyl (C=O) groups excluding carboxylic acids is 2. The second-order valence-electron chi connectivity index (χ2n) is 7.98. The molecule has 1 fully saturated rings. The molecule has 0 bridgehead atoms. The molecule has 1 saturated heterocycles. The first kappa shape index (κ1) is 24.2. The first-order valence-electron chi connectivity index (χ1n) is 11.0. The molecule has 168 valence electrons. The summed E-state index contributed by atoms with van der Waals surface area (Å²) in [6, 6.07) is 7.85. The number of ether oxygens (including phenoxy) is 2. The van der Waals surface area contributed by atoms with Gasteiger partial charge in [0.1, 0.15) is 5.75 Å². The maximum absolute atomic E-state index is 12.6. The fourth-order valence-corrected chi connectivity index (χ4v) is 3.46. The predicted octanol–water partition coefficient (Wildman–Crippen LogP) is 2.09. The third kappa shape index (κ3) is 9.13. The van der Waals surface area contributed by atoms with Crippen LogP contribution in [0.2, 0.25) is 0 Å². The molecule has 30 heavy (non-hydrogen) atoms. The van der Waals surface area contributed by atoms with Gasteiger partial charge in [0.15, 0.2) is 0 Å². The van der Waals surface area contributed by atoms with E-state index in [0.29, 0.717) is 32.7 Å². The van der Waals surface area contributed by atoms with Gasteiger partial charge in [-0.1, -0.05) is 12.1 Å². The van der Waals surface area contributed by atoms with Crippen LogP contribution in [0.15, 0.2) is 24.3 Å². The molecule has 7 heteroatoms. The van der Waals surface area contributed by atoms with E-state index in [4.69, 9.17) is 9.47 Å². The van der Waals surface area contributed by atoms with Crippen molar-refractivity contribution in [3.8, 4) is 5.75 Å². The van der Waals surface area contributed by atoms with Crippen molar-refractivity contribution in [3.05, 3.63) is 29.8 Å². The zero-order valence-electron chi connectivity index (χ0n) is 18.7. The van der Waals surface area contributed by atoms with E-state index in [-0.39, 0.29) is 17.9 Å². The van der Waals surface area contributed by atoms with Crippen LogP contribution < -0.4 is 10.1 Å². The van der Waals surface area contributed by atoms with Crippen molar-refractivity contribution in [1.82, 2.24) is 15.1 Å². The smallest absolute Gasteiger partial charge is 0.234 e. The number of methoxy groups -OCH3 is 1. The lowest BCUT2D eigenvalue weighted by Crippen LogP contribution is -2.40. The Morgan fingerprint density at radius 3 is 2.57 bits per heavy atom. The van der Waals surface area contributed by atoms with Gasteiger partial charge in [-0.3, -0.25) is 14.5 Å². The second-order valence-corrected chi connectivity index (χ2v) is 7.98. The first-order chi connectivity index (χ1) is 14.5. The van der Waals surface area contributed by atoms with E-state index in [9.17, 15) is 9.59 Å². The Morgan fingerprint density at radius 2 is 1.87 bits per heavy atom. The molecule has 1 aliphatic heterocycles. The summed E-state index contributed by atoms with van der Waals surface area (Å²) < 4.78 is 10.6. The summed E-state index contributed by atoms with van der Waals surface area (Å²) in [5.74, 6) is 1.05. The van der Waals surface area contributed by atoms with Crippen LogP contribution in [0.3, 0.4) is 0 Å².